The number of hydrogen-bond donors (Lipinski definition) is 0. The molecule has 0 N–H and O–H groups in total. The van der Waals surface area contributed by atoms with Gasteiger partial charge in [0.1, 0.15) is 5.82 Å². The van der Waals surface area contributed by atoms with Crippen molar-refractivity contribution in [3.8, 4) is 0 Å². The Morgan fingerprint density at radius 2 is 1.71 bits per heavy atom. The molecular formula is C22H22ClFN2O2. The van der Waals surface area contributed by atoms with Crippen molar-refractivity contribution in [1.29, 1.82) is 0 Å². The fourth-order valence-electron chi connectivity index (χ4n) is 4.26. The lowest BCUT2D eigenvalue weighted by atomic mass is 9.77. The van der Waals surface area contributed by atoms with Gasteiger partial charge in [0.15, 0.2) is 0 Å². The van der Waals surface area contributed by atoms with E-state index in [0.717, 1.165) is 6.42 Å². The van der Waals surface area contributed by atoms with E-state index in [4.69, 9.17) is 11.6 Å². The van der Waals surface area contributed by atoms with Crippen molar-refractivity contribution in [2.75, 3.05) is 19.6 Å². The van der Waals surface area contributed by atoms with Gasteiger partial charge in [-0.05, 0) is 43.5 Å². The number of piperidine rings is 1. The third-order valence-corrected chi connectivity index (χ3v) is 6.24. The standard InChI is InChI=1S/C22H22ClFN2O2/c23-18-7-6-17(19(24)14-18)15-26-13-10-22(21(26)28)8-11-25(12-9-22)20(27)16-4-2-1-3-5-16/h1-7,14H,8-13,15H2. The van der Waals surface area contributed by atoms with Gasteiger partial charge in [0.05, 0.1) is 5.41 Å². The van der Waals surface area contributed by atoms with Crippen molar-refractivity contribution in [2.45, 2.75) is 25.8 Å². The summed E-state index contributed by atoms with van der Waals surface area (Å²) in [5.74, 6) is -0.292. The lowest BCUT2D eigenvalue weighted by molar-refractivity contribution is -0.138. The zero-order valence-electron chi connectivity index (χ0n) is 15.5. The van der Waals surface area contributed by atoms with Crippen LogP contribution in [0.15, 0.2) is 48.5 Å². The predicted octanol–water partition coefficient (Wildman–Crippen LogP) is 4.13. The first-order valence-electron chi connectivity index (χ1n) is 9.56. The second-order valence-electron chi connectivity index (χ2n) is 7.65. The van der Waals surface area contributed by atoms with E-state index in [9.17, 15) is 14.0 Å². The van der Waals surface area contributed by atoms with Crippen molar-refractivity contribution in [3.05, 3.63) is 70.5 Å². The average Bonchev–Trinajstić information content (AvgIpc) is 3.00. The van der Waals surface area contributed by atoms with E-state index in [1.54, 1.807) is 17.0 Å². The van der Waals surface area contributed by atoms with Gasteiger partial charge < -0.3 is 9.80 Å². The number of carbonyl (C=O) groups is 2. The lowest BCUT2D eigenvalue weighted by Gasteiger charge is -2.38. The molecule has 4 nitrogen and oxygen atoms in total. The molecule has 0 atom stereocenters. The summed E-state index contributed by atoms with van der Waals surface area (Å²) < 4.78 is 14.1. The van der Waals surface area contributed by atoms with Gasteiger partial charge in [-0.3, -0.25) is 9.59 Å². The Morgan fingerprint density at radius 1 is 1.04 bits per heavy atom. The van der Waals surface area contributed by atoms with Crippen LogP contribution < -0.4 is 0 Å². The van der Waals surface area contributed by atoms with Crippen LogP contribution in [0.4, 0.5) is 4.39 Å². The van der Waals surface area contributed by atoms with Crippen LogP contribution >= 0.6 is 11.6 Å². The van der Waals surface area contributed by atoms with Crippen LogP contribution in [0.3, 0.4) is 0 Å². The summed E-state index contributed by atoms with van der Waals surface area (Å²) in [5, 5.41) is 0.348. The van der Waals surface area contributed by atoms with E-state index in [1.165, 1.54) is 6.07 Å². The molecule has 2 aromatic carbocycles. The largest absolute Gasteiger partial charge is 0.339 e. The maximum atomic E-state index is 14.1. The summed E-state index contributed by atoms with van der Waals surface area (Å²) in [6, 6.07) is 13.8. The van der Waals surface area contributed by atoms with E-state index in [1.807, 2.05) is 35.2 Å². The maximum Gasteiger partial charge on any atom is 0.253 e. The van der Waals surface area contributed by atoms with Crippen LogP contribution in [-0.2, 0) is 11.3 Å². The van der Waals surface area contributed by atoms with Crippen molar-refractivity contribution in [1.82, 2.24) is 9.80 Å². The number of rotatable bonds is 3. The topological polar surface area (TPSA) is 40.6 Å². The fraction of sp³-hybridized carbons (Fsp3) is 0.364. The number of benzene rings is 2. The summed E-state index contributed by atoms with van der Waals surface area (Å²) >= 11 is 5.81. The van der Waals surface area contributed by atoms with Gasteiger partial charge in [-0.25, -0.2) is 4.39 Å². The highest BCUT2D eigenvalue weighted by atomic mass is 35.5. The van der Waals surface area contributed by atoms with Crippen LogP contribution in [0.25, 0.3) is 0 Å². The molecule has 2 aliphatic rings. The number of amides is 2. The normalized spacial score (nSPS) is 18.7. The summed E-state index contributed by atoms with van der Waals surface area (Å²) in [4.78, 5) is 29.3. The lowest BCUT2D eigenvalue weighted by Crippen LogP contribution is -2.46. The van der Waals surface area contributed by atoms with Gasteiger partial charge in [-0.15, -0.1) is 0 Å². The average molecular weight is 401 g/mol. The van der Waals surface area contributed by atoms with Crippen molar-refractivity contribution >= 4 is 23.4 Å². The Morgan fingerprint density at radius 3 is 2.39 bits per heavy atom. The van der Waals surface area contributed by atoms with Crippen LogP contribution in [-0.4, -0.2) is 41.2 Å². The molecule has 0 radical (unpaired) electrons. The third-order valence-electron chi connectivity index (χ3n) is 6.01. The Bertz CT molecular complexity index is 895. The van der Waals surface area contributed by atoms with Gasteiger partial charge in [0.25, 0.3) is 5.91 Å². The zero-order chi connectivity index (χ0) is 19.7. The van der Waals surface area contributed by atoms with Crippen LogP contribution in [0.5, 0.6) is 0 Å². The number of nitrogens with zero attached hydrogens (tertiary/aromatic N) is 2. The quantitative estimate of drug-likeness (QED) is 0.777. The molecule has 0 bridgehead atoms. The second-order valence-corrected chi connectivity index (χ2v) is 8.09. The Labute approximate surface area is 168 Å². The molecule has 0 saturated carbocycles. The predicted molar refractivity (Wildman–Crippen MR) is 105 cm³/mol. The van der Waals surface area contributed by atoms with Crippen molar-refractivity contribution < 1.29 is 14.0 Å². The third kappa shape index (κ3) is 3.51. The number of likely N-dealkylation sites (tertiary alicyclic amines) is 2. The van der Waals surface area contributed by atoms with Gasteiger partial charge >= 0.3 is 0 Å². The summed E-state index contributed by atoms with van der Waals surface area (Å²) in [5.41, 5.74) is 0.735. The van der Waals surface area contributed by atoms with E-state index in [0.29, 0.717) is 48.6 Å². The Balaban J connectivity index is 1.40. The molecule has 1 spiro atoms. The highest BCUT2D eigenvalue weighted by molar-refractivity contribution is 6.30. The first kappa shape index (κ1) is 18.9. The van der Waals surface area contributed by atoms with Gasteiger partial charge in [-0.1, -0.05) is 35.9 Å². The monoisotopic (exact) mass is 400 g/mol. The van der Waals surface area contributed by atoms with E-state index in [2.05, 4.69) is 0 Å². The van der Waals surface area contributed by atoms with E-state index < -0.39 is 5.41 Å². The van der Waals surface area contributed by atoms with E-state index >= 15 is 0 Å². The van der Waals surface area contributed by atoms with Gasteiger partial charge in [-0.2, -0.15) is 0 Å². The van der Waals surface area contributed by atoms with Gasteiger partial charge in [0, 0.05) is 42.3 Å². The Hall–Kier alpha value is -2.40. The summed E-state index contributed by atoms with van der Waals surface area (Å²) in [7, 11) is 0. The molecule has 2 fully saturated rings. The molecule has 4 rings (SSSR count). The molecule has 2 amide bonds. The molecule has 28 heavy (non-hydrogen) atoms. The summed E-state index contributed by atoms with van der Waals surface area (Å²) in [6.07, 6.45) is 2.07. The minimum atomic E-state index is -0.420. The van der Waals surface area contributed by atoms with Gasteiger partial charge in [0.2, 0.25) is 5.91 Å². The molecule has 2 heterocycles. The minimum Gasteiger partial charge on any atom is -0.339 e. The van der Waals surface area contributed by atoms with E-state index in [-0.39, 0.29) is 24.2 Å². The molecule has 2 aromatic rings. The van der Waals surface area contributed by atoms with Crippen LogP contribution in [0.1, 0.15) is 35.2 Å². The maximum absolute atomic E-state index is 14.1. The fourth-order valence-corrected chi connectivity index (χ4v) is 4.42. The van der Waals surface area contributed by atoms with Crippen LogP contribution in [0.2, 0.25) is 5.02 Å². The number of halogens is 2. The summed E-state index contributed by atoms with van der Waals surface area (Å²) in [6.45, 7) is 2.02. The SMILES string of the molecule is O=C(c1ccccc1)N1CCC2(CC1)CCN(Cc1ccc(Cl)cc1F)C2=O. The highest BCUT2D eigenvalue weighted by Gasteiger charge is 2.48. The van der Waals surface area contributed by atoms with Crippen molar-refractivity contribution in [2.24, 2.45) is 5.41 Å². The van der Waals surface area contributed by atoms with Crippen LogP contribution in [0, 0.1) is 11.2 Å². The molecule has 6 heteroatoms. The minimum absolute atomic E-state index is 0.0148. The molecule has 0 unspecified atom stereocenters. The Kier molecular flexibility index (Phi) is 5.11. The molecule has 2 saturated heterocycles. The number of hydrogen-bond acceptors (Lipinski definition) is 2. The number of carbonyl (C=O) groups excluding carboxylic acids is 2. The molecule has 0 aliphatic carbocycles. The zero-order valence-corrected chi connectivity index (χ0v) is 16.3. The molecule has 146 valence electrons. The highest BCUT2D eigenvalue weighted by Crippen LogP contribution is 2.42. The first-order valence-corrected chi connectivity index (χ1v) is 9.94. The smallest absolute Gasteiger partial charge is 0.253 e. The molecule has 0 aromatic heterocycles. The second kappa shape index (κ2) is 7.55. The van der Waals surface area contributed by atoms with Crippen molar-refractivity contribution in [3.63, 3.8) is 0 Å². The first-order chi connectivity index (χ1) is 13.5. The molecular weight excluding hydrogens is 379 g/mol. The molecule has 2 aliphatic heterocycles.